The summed E-state index contributed by atoms with van der Waals surface area (Å²) in [7, 11) is 0. The van der Waals surface area contributed by atoms with Crippen LogP contribution in [-0.4, -0.2) is 20.7 Å². The van der Waals surface area contributed by atoms with Crippen LogP contribution in [-0.2, 0) is 4.79 Å². The second kappa shape index (κ2) is 4.93. The molecule has 0 aliphatic carbocycles. The van der Waals surface area contributed by atoms with Crippen molar-refractivity contribution in [2.24, 2.45) is 0 Å². The number of carboxylic acid groups (broad SMARTS) is 1. The van der Waals surface area contributed by atoms with Gasteiger partial charge >= 0.3 is 5.97 Å². The van der Waals surface area contributed by atoms with Gasteiger partial charge in [0.25, 0.3) is 0 Å². The van der Waals surface area contributed by atoms with E-state index < -0.39 is 5.97 Å². The highest BCUT2D eigenvalue weighted by Crippen LogP contribution is 2.16. The van der Waals surface area contributed by atoms with Gasteiger partial charge in [-0.15, -0.1) is 0 Å². The maximum atomic E-state index is 10.4. The lowest BCUT2D eigenvalue weighted by atomic mass is 10.2. The molecular formula is C7H10Br2O2. The summed E-state index contributed by atoms with van der Waals surface area (Å²) in [5, 5.41) is 8.51. The molecule has 2 atom stereocenters. The summed E-state index contributed by atoms with van der Waals surface area (Å²) in [6.45, 7) is 3.52. The molecule has 0 aliphatic rings. The molecule has 11 heavy (non-hydrogen) atoms. The van der Waals surface area contributed by atoms with Gasteiger partial charge in [-0.2, -0.15) is 0 Å². The Hall–Kier alpha value is 0.170. The lowest BCUT2D eigenvalue weighted by molar-refractivity contribution is -0.132. The average Bonchev–Trinajstić information content (AvgIpc) is 1.87. The SMILES string of the molecule is C/C(=C/C(Br)C(C)Br)C(=O)O. The highest BCUT2D eigenvalue weighted by Gasteiger charge is 2.09. The fourth-order valence-corrected chi connectivity index (χ4v) is 0.992. The Morgan fingerprint density at radius 2 is 2.00 bits per heavy atom. The number of alkyl halides is 2. The lowest BCUT2D eigenvalue weighted by Crippen LogP contribution is -2.08. The summed E-state index contributed by atoms with van der Waals surface area (Å²) in [4.78, 5) is 10.7. The summed E-state index contributed by atoms with van der Waals surface area (Å²) in [6.07, 6.45) is 1.67. The summed E-state index contributed by atoms with van der Waals surface area (Å²) < 4.78 is 0. The number of halogens is 2. The Morgan fingerprint density at radius 1 is 1.55 bits per heavy atom. The van der Waals surface area contributed by atoms with E-state index in [4.69, 9.17) is 5.11 Å². The van der Waals surface area contributed by atoms with E-state index >= 15 is 0 Å². The fraction of sp³-hybridized carbons (Fsp3) is 0.571. The van der Waals surface area contributed by atoms with Crippen LogP contribution >= 0.6 is 31.9 Å². The van der Waals surface area contributed by atoms with E-state index in [0.717, 1.165) is 0 Å². The van der Waals surface area contributed by atoms with Crippen LogP contribution in [0.5, 0.6) is 0 Å². The summed E-state index contributed by atoms with van der Waals surface area (Å²) in [6, 6.07) is 0. The molecule has 1 N–H and O–H groups in total. The van der Waals surface area contributed by atoms with Crippen molar-refractivity contribution in [2.75, 3.05) is 0 Å². The van der Waals surface area contributed by atoms with Crippen molar-refractivity contribution in [3.8, 4) is 0 Å². The van der Waals surface area contributed by atoms with Gasteiger partial charge in [0.15, 0.2) is 0 Å². The van der Waals surface area contributed by atoms with Gasteiger partial charge in [-0.25, -0.2) is 4.79 Å². The third-order valence-electron chi connectivity index (χ3n) is 1.19. The predicted octanol–water partition coefficient (Wildman–Crippen LogP) is 2.56. The minimum atomic E-state index is -0.873. The smallest absolute Gasteiger partial charge is 0.330 e. The summed E-state index contributed by atoms with van der Waals surface area (Å²) in [5.74, 6) is -0.873. The van der Waals surface area contributed by atoms with Crippen LogP contribution in [0.1, 0.15) is 13.8 Å². The number of hydrogen-bond acceptors (Lipinski definition) is 1. The topological polar surface area (TPSA) is 37.3 Å². The number of allylic oxidation sites excluding steroid dienone is 1. The second-order valence-corrected chi connectivity index (χ2v) is 4.78. The van der Waals surface area contributed by atoms with Crippen LogP contribution < -0.4 is 0 Å². The molecule has 0 bridgehead atoms. The summed E-state index contributed by atoms with van der Waals surface area (Å²) in [5.41, 5.74) is 0.359. The molecule has 0 amide bonds. The number of aliphatic carboxylic acids is 1. The van der Waals surface area contributed by atoms with E-state index in [1.54, 1.807) is 13.0 Å². The molecule has 0 aliphatic heterocycles. The van der Waals surface area contributed by atoms with Gasteiger partial charge < -0.3 is 5.11 Å². The Kier molecular flexibility index (Phi) is 5.01. The van der Waals surface area contributed by atoms with Crippen molar-refractivity contribution < 1.29 is 9.90 Å². The van der Waals surface area contributed by atoms with Gasteiger partial charge in [0.1, 0.15) is 0 Å². The number of carboxylic acids is 1. The molecule has 4 heteroatoms. The van der Waals surface area contributed by atoms with Crippen LogP contribution in [0.25, 0.3) is 0 Å². The van der Waals surface area contributed by atoms with Crippen molar-refractivity contribution in [1.82, 2.24) is 0 Å². The predicted molar refractivity (Wildman–Crippen MR) is 52.5 cm³/mol. The maximum Gasteiger partial charge on any atom is 0.330 e. The van der Waals surface area contributed by atoms with E-state index in [9.17, 15) is 4.79 Å². The Labute approximate surface area is 82.9 Å². The van der Waals surface area contributed by atoms with E-state index in [2.05, 4.69) is 31.9 Å². The number of hydrogen-bond donors (Lipinski definition) is 1. The molecule has 0 rings (SSSR count). The Morgan fingerprint density at radius 3 is 2.27 bits per heavy atom. The fourth-order valence-electron chi connectivity index (χ4n) is 0.443. The van der Waals surface area contributed by atoms with E-state index in [-0.39, 0.29) is 9.65 Å². The third-order valence-corrected chi connectivity index (χ3v) is 3.52. The van der Waals surface area contributed by atoms with Crippen molar-refractivity contribution in [3.05, 3.63) is 11.6 Å². The van der Waals surface area contributed by atoms with Crippen LogP contribution in [0, 0.1) is 0 Å². The maximum absolute atomic E-state index is 10.4. The van der Waals surface area contributed by atoms with E-state index in [0.29, 0.717) is 5.57 Å². The number of rotatable bonds is 3. The monoisotopic (exact) mass is 284 g/mol. The highest BCUT2D eigenvalue weighted by atomic mass is 79.9. The lowest BCUT2D eigenvalue weighted by Gasteiger charge is -2.06. The van der Waals surface area contributed by atoms with E-state index in [1.165, 1.54) is 0 Å². The molecule has 0 radical (unpaired) electrons. The molecule has 0 aromatic carbocycles. The van der Waals surface area contributed by atoms with Gasteiger partial charge in [-0.1, -0.05) is 44.9 Å². The molecule has 2 unspecified atom stereocenters. The van der Waals surface area contributed by atoms with Crippen molar-refractivity contribution >= 4 is 37.8 Å². The van der Waals surface area contributed by atoms with Gasteiger partial charge in [0, 0.05) is 15.2 Å². The first-order valence-electron chi connectivity index (χ1n) is 3.15. The molecule has 0 saturated heterocycles. The zero-order valence-corrected chi connectivity index (χ0v) is 9.52. The molecule has 0 aromatic rings. The van der Waals surface area contributed by atoms with Crippen LogP contribution in [0.4, 0.5) is 0 Å². The average molecular weight is 286 g/mol. The minimum absolute atomic E-state index is 0.0681. The van der Waals surface area contributed by atoms with Gasteiger partial charge in [-0.3, -0.25) is 0 Å². The van der Waals surface area contributed by atoms with Crippen molar-refractivity contribution in [3.63, 3.8) is 0 Å². The molecule has 0 spiro atoms. The highest BCUT2D eigenvalue weighted by molar-refractivity contribution is 9.12. The van der Waals surface area contributed by atoms with Gasteiger partial charge in [0.2, 0.25) is 0 Å². The zero-order chi connectivity index (χ0) is 9.02. The van der Waals surface area contributed by atoms with Gasteiger partial charge in [0.05, 0.1) is 0 Å². The number of carbonyl (C=O) groups is 1. The first-order chi connectivity index (χ1) is 4.95. The van der Waals surface area contributed by atoms with Crippen LogP contribution in [0.2, 0.25) is 0 Å². The zero-order valence-electron chi connectivity index (χ0n) is 6.34. The first kappa shape index (κ1) is 11.2. The largest absolute Gasteiger partial charge is 0.478 e. The molecule has 0 saturated carbocycles. The first-order valence-corrected chi connectivity index (χ1v) is 4.98. The standard InChI is InChI=1S/C7H10Br2O2/c1-4(7(10)11)3-6(9)5(2)8/h3,5-6H,1-2H3,(H,10,11)/b4-3-. The Balaban J connectivity index is 4.19. The quantitative estimate of drug-likeness (QED) is 0.639. The molecule has 0 fully saturated rings. The molecule has 0 heterocycles. The van der Waals surface area contributed by atoms with E-state index in [1.807, 2.05) is 6.92 Å². The van der Waals surface area contributed by atoms with Crippen molar-refractivity contribution in [2.45, 2.75) is 23.5 Å². The molecule has 2 nitrogen and oxygen atoms in total. The van der Waals surface area contributed by atoms with Crippen LogP contribution in [0.3, 0.4) is 0 Å². The second-order valence-electron chi connectivity index (χ2n) is 2.28. The van der Waals surface area contributed by atoms with Gasteiger partial charge in [-0.05, 0) is 6.92 Å². The molecule has 0 aromatic heterocycles. The normalized spacial score (nSPS) is 17.6. The van der Waals surface area contributed by atoms with Crippen molar-refractivity contribution in [1.29, 1.82) is 0 Å². The third kappa shape index (κ3) is 4.58. The summed E-state index contributed by atoms with van der Waals surface area (Å²) >= 11 is 6.66. The van der Waals surface area contributed by atoms with Crippen LogP contribution in [0.15, 0.2) is 11.6 Å². The Bertz CT molecular complexity index is 175. The molecular weight excluding hydrogens is 276 g/mol. The minimum Gasteiger partial charge on any atom is -0.478 e. The molecule has 64 valence electrons.